The van der Waals surface area contributed by atoms with Gasteiger partial charge in [-0.2, -0.15) is 26.3 Å². The van der Waals surface area contributed by atoms with Crippen LogP contribution in [0.2, 0.25) is 0 Å². The van der Waals surface area contributed by atoms with Crippen LogP contribution in [0.3, 0.4) is 0 Å². The van der Waals surface area contributed by atoms with Crippen molar-refractivity contribution in [2.24, 2.45) is 0 Å². The first kappa shape index (κ1) is 27.2. The molecule has 0 bridgehead atoms. The maximum Gasteiger partial charge on any atom is 0.416 e. The first-order chi connectivity index (χ1) is 15.9. The second kappa shape index (κ2) is 11.9. The van der Waals surface area contributed by atoms with Gasteiger partial charge in [-0.1, -0.05) is 18.2 Å². The summed E-state index contributed by atoms with van der Waals surface area (Å²) in [7, 11) is 0. The van der Waals surface area contributed by atoms with Gasteiger partial charge in [0.25, 0.3) is 0 Å². The molecule has 0 fully saturated rings. The quantitative estimate of drug-likeness (QED) is 0.289. The predicted molar refractivity (Wildman–Crippen MR) is 113 cm³/mol. The van der Waals surface area contributed by atoms with E-state index in [4.69, 9.17) is 14.2 Å². The number of hydrogen-bond donors (Lipinski definition) is 0. The molecule has 2 aromatic rings. The van der Waals surface area contributed by atoms with Crippen LogP contribution in [0.1, 0.15) is 36.1 Å². The van der Waals surface area contributed by atoms with E-state index in [-0.39, 0.29) is 24.8 Å². The number of ether oxygens (including phenoxy) is 3. The molecule has 0 amide bonds. The van der Waals surface area contributed by atoms with Gasteiger partial charge in [-0.25, -0.2) is 4.79 Å². The largest absolute Gasteiger partial charge is 0.490 e. The lowest BCUT2D eigenvalue weighted by molar-refractivity contribution is -0.156. The van der Waals surface area contributed by atoms with Gasteiger partial charge >= 0.3 is 18.3 Å². The van der Waals surface area contributed by atoms with Crippen LogP contribution in [0.4, 0.5) is 26.3 Å². The summed E-state index contributed by atoms with van der Waals surface area (Å²) in [5.41, 5.74) is -2.22. The van der Waals surface area contributed by atoms with Gasteiger partial charge in [-0.3, -0.25) is 0 Å². The van der Waals surface area contributed by atoms with Crippen molar-refractivity contribution in [2.45, 2.75) is 38.7 Å². The number of alkyl halides is 6. The van der Waals surface area contributed by atoms with Crippen molar-refractivity contribution in [1.82, 2.24) is 0 Å². The molecule has 0 heterocycles. The highest BCUT2D eigenvalue weighted by atomic mass is 19.4. The number of benzene rings is 2. The molecular formula is C24H24F6O4. The highest BCUT2D eigenvalue weighted by Gasteiger charge is 2.36. The molecule has 186 valence electrons. The average Bonchev–Trinajstić information content (AvgIpc) is 2.76. The lowest BCUT2D eigenvalue weighted by Crippen LogP contribution is -2.28. The van der Waals surface area contributed by atoms with Crippen LogP contribution < -0.4 is 4.74 Å². The van der Waals surface area contributed by atoms with Crippen molar-refractivity contribution in [3.63, 3.8) is 0 Å². The van der Waals surface area contributed by atoms with Crippen molar-refractivity contribution in [2.75, 3.05) is 19.8 Å². The molecule has 0 N–H and O–H groups in total. The predicted octanol–water partition coefficient (Wildman–Crippen LogP) is 6.33. The van der Waals surface area contributed by atoms with Gasteiger partial charge in [-0.15, -0.1) is 0 Å². The van der Waals surface area contributed by atoms with E-state index < -0.39 is 35.6 Å². The van der Waals surface area contributed by atoms with Crippen molar-refractivity contribution in [3.05, 3.63) is 70.8 Å². The fourth-order valence-corrected chi connectivity index (χ4v) is 2.99. The Labute approximate surface area is 193 Å². The molecule has 34 heavy (non-hydrogen) atoms. The molecule has 10 heteroatoms. The zero-order chi connectivity index (χ0) is 25.4. The summed E-state index contributed by atoms with van der Waals surface area (Å²) in [6, 6.07) is 8.04. The SMILES string of the molecule is CCOC(=O)[C@H](Cc1ccc(OCC=Cc2cc(C(F)(F)F)cc(C(F)(F)F)c2)cc1)OCC. The normalized spacial score (nSPS) is 13.2. The summed E-state index contributed by atoms with van der Waals surface area (Å²) in [5, 5.41) is 0. The second-order valence-electron chi connectivity index (χ2n) is 7.10. The van der Waals surface area contributed by atoms with E-state index in [0.29, 0.717) is 30.9 Å². The third-order valence-electron chi connectivity index (χ3n) is 4.53. The molecular weight excluding hydrogens is 466 g/mol. The lowest BCUT2D eigenvalue weighted by Gasteiger charge is -2.15. The Bertz CT molecular complexity index is 933. The standard InChI is InChI=1S/C24H24F6O4/c1-3-32-21(22(31)33-4-2)14-16-7-9-20(10-8-16)34-11-5-6-17-12-18(23(25,26)27)15-19(13-17)24(28,29)30/h5-10,12-13,15,21H,3-4,11,14H2,1-2H3/t21-/m0/s1. The number of carbonyl (C=O) groups excluding carboxylic acids is 1. The monoisotopic (exact) mass is 490 g/mol. The molecule has 0 radical (unpaired) electrons. The summed E-state index contributed by atoms with van der Waals surface area (Å²) in [6.45, 7) is 3.96. The Morgan fingerprint density at radius 2 is 1.50 bits per heavy atom. The van der Waals surface area contributed by atoms with E-state index in [2.05, 4.69) is 0 Å². The highest BCUT2D eigenvalue weighted by Crippen LogP contribution is 2.36. The molecule has 0 aliphatic rings. The van der Waals surface area contributed by atoms with Crippen molar-refractivity contribution in [1.29, 1.82) is 0 Å². The molecule has 0 saturated carbocycles. The fraction of sp³-hybridized carbons (Fsp3) is 0.375. The van der Waals surface area contributed by atoms with E-state index >= 15 is 0 Å². The third kappa shape index (κ3) is 8.40. The molecule has 0 unspecified atom stereocenters. The van der Waals surface area contributed by atoms with Gasteiger partial charge in [0.1, 0.15) is 12.4 Å². The fourth-order valence-electron chi connectivity index (χ4n) is 2.99. The maximum atomic E-state index is 12.9. The number of esters is 1. The molecule has 2 rings (SSSR count). The summed E-state index contributed by atoms with van der Waals surface area (Å²) < 4.78 is 93.5. The first-order valence-electron chi connectivity index (χ1n) is 10.4. The van der Waals surface area contributed by atoms with Gasteiger partial charge < -0.3 is 14.2 Å². The minimum atomic E-state index is -4.91. The molecule has 1 atom stereocenters. The maximum absolute atomic E-state index is 12.9. The molecule has 0 saturated heterocycles. The second-order valence-corrected chi connectivity index (χ2v) is 7.10. The van der Waals surface area contributed by atoms with Crippen LogP contribution in [0.25, 0.3) is 6.08 Å². The molecule has 0 aliphatic heterocycles. The van der Waals surface area contributed by atoms with Gasteiger partial charge in [0, 0.05) is 13.0 Å². The summed E-state index contributed by atoms with van der Waals surface area (Å²) in [6.07, 6.45) is -7.81. The van der Waals surface area contributed by atoms with Crippen LogP contribution >= 0.6 is 0 Å². The van der Waals surface area contributed by atoms with Crippen molar-refractivity contribution < 1.29 is 45.3 Å². The van der Waals surface area contributed by atoms with Crippen molar-refractivity contribution in [3.8, 4) is 5.75 Å². The Morgan fingerprint density at radius 3 is 2.00 bits per heavy atom. The van der Waals surface area contributed by atoms with Gasteiger partial charge in [0.15, 0.2) is 6.10 Å². The number of halogens is 6. The van der Waals surface area contributed by atoms with Crippen molar-refractivity contribution >= 4 is 12.0 Å². The molecule has 0 spiro atoms. The zero-order valence-corrected chi connectivity index (χ0v) is 18.5. The van der Waals surface area contributed by atoms with E-state index in [9.17, 15) is 31.1 Å². The van der Waals surface area contributed by atoms with Crippen LogP contribution in [0.5, 0.6) is 5.75 Å². The minimum absolute atomic E-state index is 0.0768. The van der Waals surface area contributed by atoms with E-state index in [0.717, 1.165) is 11.6 Å². The van der Waals surface area contributed by atoms with Crippen LogP contribution in [-0.4, -0.2) is 31.9 Å². The zero-order valence-electron chi connectivity index (χ0n) is 18.5. The smallest absolute Gasteiger partial charge is 0.416 e. The number of rotatable bonds is 10. The van der Waals surface area contributed by atoms with E-state index in [1.165, 1.54) is 6.08 Å². The summed E-state index contributed by atoms with van der Waals surface area (Å²) in [5.74, 6) is -0.0318. The molecule has 4 nitrogen and oxygen atoms in total. The van der Waals surface area contributed by atoms with E-state index in [1.54, 1.807) is 38.1 Å². The molecule has 0 aliphatic carbocycles. The average molecular weight is 490 g/mol. The Hall–Kier alpha value is -3.01. The highest BCUT2D eigenvalue weighted by molar-refractivity contribution is 5.75. The minimum Gasteiger partial charge on any atom is -0.490 e. The topological polar surface area (TPSA) is 44.8 Å². The molecule has 0 aromatic heterocycles. The lowest BCUT2D eigenvalue weighted by atomic mass is 10.0. The number of carbonyl (C=O) groups is 1. The van der Waals surface area contributed by atoms with Crippen LogP contribution in [0.15, 0.2) is 48.5 Å². The van der Waals surface area contributed by atoms with Crippen LogP contribution in [0, 0.1) is 0 Å². The first-order valence-corrected chi connectivity index (χ1v) is 10.4. The van der Waals surface area contributed by atoms with Gasteiger partial charge in [0.2, 0.25) is 0 Å². The molecule has 2 aromatic carbocycles. The van der Waals surface area contributed by atoms with E-state index in [1.807, 2.05) is 0 Å². The third-order valence-corrected chi connectivity index (χ3v) is 4.53. The Kier molecular flexibility index (Phi) is 9.55. The Balaban J connectivity index is 2.01. The van der Waals surface area contributed by atoms with Gasteiger partial charge in [-0.05, 0) is 61.4 Å². The van der Waals surface area contributed by atoms with Gasteiger partial charge in [0.05, 0.1) is 17.7 Å². The number of hydrogen-bond acceptors (Lipinski definition) is 4. The Morgan fingerprint density at radius 1 is 0.912 bits per heavy atom. The van der Waals surface area contributed by atoms with Crippen LogP contribution in [-0.2, 0) is 33.0 Å². The summed E-state index contributed by atoms with van der Waals surface area (Å²) >= 11 is 0. The summed E-state index contributed by atoms with van der Waals surface area (Å²) in [4.78, 5) is 11.9.